The van der Waals surface area contributed by atoms with E-state index in [1.807, 2.05) is 6.92 Å². The predicted molar refractivity (Wildman–Crippen MR) is 85.5 cm³/mol. The van der Waals surface area contributed by atoms with E-state index in [-0.39, 0.29) is 27.4 Å². The van der Waals surface area contributed by atoms with Crippen molar-refractivity contribution >= 4 is 37.2 Å². The molecule has 2 atom stereocenters. The molecule has 0 bridgehead atoms. The molecule has 1 rings (SSSR count). The number of rotatable bonds is 6. The molecule has 0 heterocycles. The first kappa shape index (κ1) is 18.3. The maximum atomic E-state index is 12.1. The Morgan fingerprint density at radius 3 is 2.48 bits per heavy atom. The lowest BCUT2D eigenvalue weighted by Crippen LogP contribution is -2.33. The van der Waals surface area contributed by atoms with Gasteiger partial charge in [-0.25, -0.2) is 8.42 Å². The molecule has 0 saturated carbocycles. The van der Waals surface area contributed by atoms with Gasteiger partial charge in [-0.05, 0) is 37.5 Å². The highest BCUT2D eigenvalue weighted by molar-refractivity contribution is 8.13. The fraction of sp³-hybridized carbons (Fsp3) is 0.500. The van der Waals surface area contributed by atoms with Gasteiger partial charge in [-0.1, -0.05) is 31.9 Å². The molecule has 0 aliphatic heterocycles. The molecule has 21 heavy (non-hydrogen) atoms. The Labute approximate surface area is 135 Å². The normalized spacial score (nSPS) is 14.5. The molecular formula is C14H19Cl2NO3S. The van der Waals surface area contributed by atoms with Crippen LogP contribution in [0.2, 0.25) is 5.02 Å². The molecule has 118 valence electrons. The Morgan fingerprint density at radius 2 is 1.95 bits per heavy atom. The van der Waals surface area contributed by atoms with E-state index in [9.17, 15) is 13.2 Å². The zero-order chi connectivity index (χ0) is 16.2. The maximum Gasteiger partial charge on any atom is 0.262 e. The fourth-order valence-corrected chi connectivity index (χ4v) is 3.46. The van der Waals surface area contributed by atoms with E-state index < -0.39 is 9.05 Å². The van der Waals surface area contributed by atoms with Crippen molar-refractivity contribution in [2.75, 3.05) is 0 Å². The van der Waals surface area contributed by atoms with Gasteiger partial charge in [0.1, 0.15) is 4.90 Å². The van der Waals surface area contributed by atoms with Gasteiger partial charge in [-0.3, -0.25) is 4.79 Å². The minimum absolute atomic E-state index is 0.000753. The van der Waals surface area contributed by atoms with Crippen molar-refractivity contribution in [3.8, 4) is 0 Å². The Bertz CT molecular complexity index is 617. The van der Waals surface area contributed by atoms with Gasteiger partial charge in [0.15, 0.2) is 0 Å². The molecule has 1 aromatic carbocycles. The topological polar surface area (TPSA) is 63.2 Å². The molecule has 0 saturated heterocycles. The third kappa shape index (κ3) is 5.49. The second-order valence-electron chi connectivity index (χ2n) is 5.21. The van der Waals surface area contributed by atoms with Crippen LogP contribution in [0.15, 0.2) is 23.1 Å². The van der Waals surface area contributed by atoms with Crippen molar-refractivity contribution in [2.45, 2.75) is 44.6 Å². The maximum absolute atomic E-state index is 12.1. The van der Waals surface area contributed by atoms with Crippen molar-refractivity contribution in [1.29, 1.82) is 0 Å². The van der Waals surface area contributed by atoms with E-state index in [2.05, 4.69) is 19.2 Å². The highest BCUT2D eigenvalue weighted by atomic mass is 35.7. The van der Waals surface area contributed by atoms with Crippen LogP contribution in [-0.2, 0) is 9.05 Å². The summed E-state index contributed by atoms with van der Waals surface area (Å²) >= 11 is 5.78. The molecule has 0 radical (unpaired) electrons. The summed E-state index contributed by atoms with van der Waals surface area (Å²) in [4.78, 5) is 11.9. The number of hydrogen-bond donors (Lipinski definition) is 1. The molecule has 4 nitrogen and oxygen atoms in total. The molecule has 0 aromatic heterocycles. The first-order chi connectivity index (χ1) is 9.65. The van der Waals surface area contributed by atoms with E-state index in [4.69, 9.17) is 22.3 Å². The van der Waals surface area contributed by atoms with Crippen LogP contribution >= 0.6 is 22.3 Å². The number of carbonyl (C=O) groups is 1. The van der Waals surface area contributed by atoms with Gasteiger partial charge in [0.05, 0.1) is 5.02 Å². The van der Waals surface area contributed by atoms with Crippen LogP contribution in [0, 0.1) is 5.92 Å². The largest absolute Gasteiger partial charge is 0.350 e. The van der Waals surface area contributed by atoms with Crippen molar-refractivity contribution in [3.05, 3.63) is 28.8 Å². The van der Waals surface area contributed by atoms with E-state index in [1.54, 1.807) is 0 Å². The SMILES string of the molecule is CCC(C)CC(C)NC(=O)c1ccc(Cl)c(S(=O)(=O)Cl)c1. The fourth-order valence-electron chi connectivity index (χ4n) is 1.97. The van der Waals surface area contributed by atoms with Gasteiger partial charge in [-0.2, -0.15) is 0 Å². The van der Waals surface area contributed by atoms with Gasteiger partial charge in [-0.15, -0.1) is 0 Å². The number of halogens is 2. The smallest absolute Gasteiger partial charge is 0.262 e. The Kier molecular flexibility index (Phi) is 6.50. The molecule has 2 unspecified atom stereocenters. The molecule has 7 heteroatoms. The second kappa shape index (κ2) is 7.47. The van der Waals surface area contributed by atoms with Crippen LogP contribution in [0.5, 0.6) is 0 Å². The van der Waals surface area contributed by atoms with Crippen LogP contribution < -0.4 is 5.32 Å². The summed E-state index contributed by atoms with van der Waals surface area (Å²) in [6, 6.07) is 4.01. The van der Waals surface area contributed by atoms with Gasteiger partial charge in [0.25, 0.3) is 15.0 Å². The van der Waals surface area contributed by atoms with Crippen molar-refractivity contribution in [3.63, 3.8) is 0 Å². The predicted octanol–water partition coefficient (Wildman–Crippen LogP) is 3.82. The standard InChI is InChI=1S/C14H19Cl2NO3S/c1-4-9(2)7-10(3)17-14(18)11-5-6-12(15)13(8-11)21(16,19)20/h5-6,8-10H,4,7H2,1-3H3,(H,17,18). The van der Waals surface area contributed by atoms with Gasteiger partial charge in [0, 0.05) is 22.3 Å². The van der Waals surface area contributed by atoms with Crippen LogP contribution in [0.3, 0.4) is 0 Å². The van der Waals surface area contributed by atoms with E-state index in [0.717, 1.165) is 12.8 Å². The van der Waals surface area contributed by atoms with E-state index >= 15 is 0 Å². The van der Waals surface area contributed by atoms with Crippen molar-refractivity contribution < 1.29 is 13.2 Å². The summed E-state index contributed by atoms with van der Waals surface area (Å²) in [6.45, 7) is 6.12. The molecule has 1 aromatic rings. The summed E-state index contributed by atoms with van der Waals surface area (Å²) in [6.07, 6.45) is 1.90. The van der Waals surface area contributed by atoms with Gasteiger partial charge in [0.2, 0.25) is 0 Å². The second-order valence-corrected chi connectivity index (χ2v) is 8.15. The Morgan fingerprint density at radius 1 is 1.33 bits per heavy atom. The Balaban J connectivity index is 2.89. The summed E-state index contributed by atoms with van der Waals surface area (Å²) in [7, 11) is 1.31. The average Bonchev–Trinajstić information content (AvgIpc) is 2.37. The first-order valence-corrected chi connectivity index (χ1v) is 9.39. The molecule has 0 aliphatic rings. The highest BCUT2D eigenvalue weighted by Crippen LogP contribution is 2.25. The van der Waals surface area contributed by atoms with Gasteiger partial charge < -0.3 is 5.32 Å². The third-order valence-electron chi connectivity index (χ3n) is 3.29. The summed E-state index contributed by atoms with van der Waals surface area (Å²) < 4.78 is 22.8. The van der Waals surface area contributed by atoms with E-state index in [1.165, 1.54) is 18.2 Å². The molecule has 0 aliphatic carbocycles. The minimum Gasteiger partial charge on any atom is -0.350 e. The monoisotopic (exact) mass is 351 g/mol. The van der Waals surface area contributed by atoms with Crippen molar-refractivity contribution in [2.24, 2.45) is 5.92 Å². The average molecular weight is 352 g/mol. The van der Waals surface area contributed by atoms with Crippen molar-refractivity contribution in [1.82, 2.24) is 5.32 Å². The molecule has 0 fully saturated rings. The molecular weight excluding hydrogens is 333 g/mol. The van der Waals surface area contributed by atoms with Crippen LogP contribution in [-0.4, -0.2) is 20.4 Å². The number of nitrogens with one attached hydrogen (secondary N) is 1. The number of hydrogen-bond acceptors (Lipinski definition) is 3. The minimum atomic E-state index is -3.98. The number of carbonyl (C=O) groups excluding carboxylic acids is 1. The lowest BCUT2D eigenvalue weighted by atomic mass is 10.0. The lowest BCUT2D eigenvalue weighted by Gasteiger charge is -2.17. The first-order valence-electron chi connectivity index (χ1n) is 6.70. The molecule has 1 amide bonds. The quantitative estimate of drug-likeness (QED) is 0.792. The third-order valence-corrected chi connectivity index (χ3v) is 5.09. The van der Waals surface area contributed by atoms with Crippen LogP contribution in [0.25, 0.3) is 0 Å². The van der Waals surface area contributed by atoms with E-state index in [0.29, 0.717) is 5.92 Å². The Hall–Kier alpha value is -0.780. The number of benzene rings is 1. The highest BCUT2D eigenvalue weighted by Gasteiger charge is 2.19. The number of amides is 1. The zero-order valence-corrected chi connectivity index (χ0v) is 14.5. The van der Waals surface area contributed by atoms with Gasteiger partial charge >= 0.3 is 0 Å². The summed E-state index contributed by atoms with van der Waals surface area (Å²) in [5, 5.41) is 2.83. The summed E-state index contributed by atoms with van der Waals surface area (Å²) in [5.74, 6) is 0.160. The molecule has 0 spiro atoms. The molecule has 1 N–H and O–H groups in total. The zero-order valence-electron chi connectivity index (χ0n) is 12.2. The van der Waals surface area contributed by atoms with Crippen LogP contribution in [0.1, 0.15) is 44.0 Å². The summed E-state index contributed by atoms with van der Waals surface area (Å²) in [5.41, 5.74) is 0.217. The van der Waals surface area contributed by atoms with Crippen LogP contribution in [0.4, 0.5) is 0 Å². The lowest BCUT2D eigenvalue weighted by molar-refractivity contribution is 0.0935.